The smallest absolute Gasteiger partial charge is 0.259 e. The lowest BCUT2D eigenvalue weighted by Gasteiger charge is -2.09. The van der Waals surface area contributed by atoms with Crippen LogP contribution in [-0.2, 0) is 11.3 Å². The molecule has 2 aromatic heterocycles. The van der Waals surface area contributed by atoms with E-state index in [1.165, 1.54) is 10.6 Å². The summed E-state index contributed by atoms with van der Waals surface area (Å²) < 4.78 is 6.71. The van der Waals surface area contributed by atoms with Crippen molar-refractivity contribution in [3.63, 3.8) is 0 Å². The van der Waals surface area contributed by atoms with Crippen molar-refractivity contribution < 1.29 is 9.32 Å². The Morgan fingerprint density at radius 3 is 2.74 bits per heavy atom. The monoisotopic (exact) mass is 432 g/mol. The highest BCUT2D eigenvalue weighted by atomic mass is 32.2. The molecule has 0 saturated carbocycles. The second-order valence-electron chi connectivity index (χ2n) is 6.96. The first-order valence-corrected chi connectivity index (χ1v) is 10.8. The molecule has 0 unspecified atom stereocenters. The lowest BCUT2D eigenvalue weighted by molar-refractivity contribution is -0.116. The average Bonchev–Trinajstić information content (AvgIpc) is 3.26. The Morgan fingerprint density at radius 2 is 1.94 bits per heavy atom. The van der Waals surface area contributed by atoms with Crippen LogP contribution in [0.15, 0.2) is 81.1 Å². The van der Waals surface area contributed by atoms with Gasteiger partial charge in [-0.2, -0.15) is 4.98 Å². The Morgan fingerprint density at radius 1 is 1.10 bits per heavy atom. The molecular weight excluding hydrogens is 412 g/mol. The number of nitrogens with zero attached hydrogens (tertiary/aromatic N) is 3. The zero-order chi connectivity index (χ0) is 21.8. The molecule has 4 aromatic rings. The molecule has 0 bridgehead atoms. The minimum absolute atomic E-state index is 0.130. The molecule has 0 aliphatic heterocycles. The molecule has 31 heavy (non-hydrogen) atoms. The number of hydrogen-bond donors (Lipinski definition) is 1. The number of hydrogen-bond acceptors (Lipinski definition) is 6. The van der Waals surface area contributed by atoms with E-state index < -0.39 is 0 Å². The fourth-order valence-electron chi connectivity index (χ4n) is 3.08. The number of benzene rings is 2. The first-order valence-electron chi connectivity index (χ1n) is 9.57. The van der Waals surface area contributed by atoms with E-state index in [-0.39, 0.29) is 23.9 Å². The summed E-state index contributed by atoms with van der Waals surface area (Å²) in [6.45, 7) is 1.86. The van der Waals surface area contributed by atoms with E-state index >= 15 is 0 Å². The molecule has 4 rings (SSSR count). The van der Waals surface area contributed by atoms with E-state index in [1.54, 1.807) is 24.0 Å². The normalized spacial score (nSPS) is 10.8. The van der Waals surface area contributed by atoms with E-state index in [9.17, 15) is 9.59 Å². The molecule has 7 nitrogen and oxygen atoms in total. The Kier molecular flexibility index (Phi) is 5.99. The van der Waals surface area contributed by atoms with E-state index in [1.807, 2.05) is 61.7 Å². The molecule has 0 radical (unpaired) electrons. The zero-order valence-electron chi connectivity index (χ0n) is 17.0. The average molecular weight is 433 g/mol. The van der Waals surface area contributed by atoms with E-state index in [2.05, 4.69) is 15.5 Å². The van der Waals surface area contributed by atoms with Crippen molar-refractivity contribution >= 4 is 23.4 Å². The predicted molar refractivity (Wildman–Crippen MR) is 121 cm³/mol. The zero-order valence-corrected chi connectivity index (χ0v) is 17.8. The van der Waals surface area contributed by atoms with Crippen LogP contribution in [0, 0.1) is 6.92 Å². The summed E-state index contributed by atoms with van der Waals surface area (Å²) in [5.41, 5.74) is 2.88. The molecule has 0 fully saturated rings. The molecule has 0 atom stereocenters. The summed E-state index contributed by atoms with van der Waals surface area (Å²) >= 11 is 1.59. The van der Waals surface area contributed by atoms with Gasteiger partial charge in [0.1, 0.15) is 6.54 Å². The summed E-state index contributed by atoms with van der Waals surface area (Å²) in [4.78, 5) is 30.2. The maximum absolute atomic E-state index is 12.5. The number of amides is 1. The van der Waals surface area contributed by atoms with Gasteiger partial charge in [-0.1, -0.05) is 35.0 Å². The number of thioether (sulfide) groups is 1. The first-order chi connectivity index (χ1) is 15.0. The van der Waals surface area contributed by atoms with Crippen molar-refractivity contribution in [2.75, 3.05) is 11.6 Å². The molecule has 0 aliphatic carbocycles. The van der Waals surface area contributed by atoms with Crippen LogP contribution in [0.25, 0.3) is 22.8 Å². The third kappa shape index (κ3) is 4.92. The van der Waals surface area contributed by atoms with Gasteiger partial charge >= 0.3 is 0 Å². The third-order valence-electron chi connectivity index (χ3n) is 4.60. The van der Waals surface area contributed by atoms with Gasteiger partial charge in [0.05, 0.1) is 5.56 Å². The standard InChI is InChI=1S/C23H20N4O3S/c1-15-5-3-6-16(11-15)22-25-23(30-26-22)17-9-10-21(29)27(13-17)14-20(28)24-18-7-4-8-19(12-18)31-2/h3-13H,14H2,1-2H3,(H,24,28). The van der Waals surface area contributed by atoms with Crippen molar-refractivity contribution in [3.05, 3.63) is 82.8 Å². The van der Waals surface area contributed by atoms with E-state index in [0.717, 1.165) is 16.0 Å². The van der Waals surface area contributed by atoms with Gasteiger partial charge in [0.25, 0.3) is 11.4 Å². The Hall–Kier alpha value is -3.65. The molecular formula is C23H20N4O3S. The van der Waals surface area contributed by atoms with Gasteiger partial charge in [0, 0.05) is 28.4 Å². The summed E-state index contributed by atoms with van der Waals surface area (Å²) in [5, 5.41) is 6.85. The fourth-order valence-corrected chi connectivity index (χ4v) is 3.54. The van der Waals surface area contributed by atoms with Gasteiger partial charge in [-0.25, -0.2) is 0 Å². The molecule has 156 valence electrons. The summed E-state index contributed by atoms with van der Waals surface area (Å²) in [6.07, 6.45) is 3.52. The number of pyridine rings is 1. The van der Waals surface area contributed by atoms with Gasteiger partial charge < -0.3 is 14.4 Å². The Labute approximate surface area is 183 Å². The molecule has 0 saturated heterocycles. The van der Waals surface area contributed by atoms with Gasteiger partial charge in [0.15, 0.2) is 0 Å². The Balaban J connectivity index is 1.53. The van der Waals surface area contributed by atoms with Gasteiger partial charge in [0.2, 0.25) is 11.7 Å². The van der Waals surface area contributed by atoms with Crippen LogP contribution in [0.1, 0.15) is 5.56 Å². The summed E-state index contributed by atoms with van der Waals surface area (Å²) in [5.74, 6) is 0.435. The molecule has 0 aliphatic rings. The lowest BCUT2D eigenvalue weighted by atomic mass is 10.1. The molecule has 2 aromatic carbocycles. The molecule has 2 heterocycles. The van der Waals surface area contributed by atoms with Crippen LogP contribution < -0.4 is 10.9 Å². The number of anilines is 1. The number of aromatic nitrogens is 3. The predicted octanol–water partition coefficient (Wildman–Crippen LogP) is 4.23. The number of rotatable bonds is 6. The maximum atomic E-state index is 12.5. The van der Waals surface area contributed by atoms with Crippen molar-refractivity contribution in [1.29, 1.82) is 0 Å². The molecule has 8 heteroatoms. The van der Waals surface area contributed by atoms with Crippen LogP contribution in [0.4, 0.5) is 5.69 Å². The lowest BCUT2D eigenvalue weighted by Crippen LogP contribution is -2.26. The number of carbonyl (C=O) groups is 1. The van der Waals surface area contributed by atoms with E-state index in [4.69, 9.17) is 4.52 Å². The Bertz CT molecular complexity index is 1300. The minimum atomic E-state index is -0.302. The van der Waals surface area contributed by atoms with Gasteiger partial charge in [-0.05, 0) is 43.5 Å². The van der Waals surface area contributed by atoms with Crippen LogP contribution in [0.5, 0.6) is 0 Å². The number of carbonyl (C=O) groups excluding carboxylic acids is 1. The van der Waals surface area contributed by atoms with E-state index in [0.29, 0.717) is 17.1 Å². The van der Waals surface area contributed by atoms with Crippen LogP contribution in [-0.4, -0.2) is 26.9 Å². The van der Waals surface area contributed by atoms with Crippen molar-refractivity contribution in [3.8, 4) is 22.8 Å². The minimum Gasteiger partial charge on any atom is -0.334 e. The van der Waals surface area contributed by atoms with Crippen molar-refractivity contribution in [1.82, 2.24) is 14.7 Å². The second-order valence-corrected chi connectivity index (χ2v) is 7.84. The highest BCUT2D eigenvalue weighted by Crippen LogP contribution is 2.22. The molecule has 0 spiro atoms. The summed E-state index contributed by atoms with van der Waals surface area (Å²) in [7, 11) is 0. The molecule has 1 N–H and O–H groups in total. The number of nitrogens with one attached hydrogen (secondary N) is 1. The third-order valence-corrected chi connectivity index (χ3v) is 5.33. The van der Waals surface area contributed by atoms with Crippen LogP contribution in [0.3, 0.4) is 0 Å². The second kappa shape index (κ2) is 9.01. The fraction of sp³-hybridized carbons (Fsp3) is 0.130. The highest BCUT2D eigenvalue weighted by molar-refractivity contribution is 7.98. The quantitative estimate of drug-likeness (QED) is 0.459. The summed E-state index contributed by atoms with van der Waals surface area (Å²) in [6, 6.07) is 18.3. The van der Waals surface area contributed by atoms with Crippen molar-refractivity contribution in [2.24, 2.45) is 0 Å². The SMILES string of the molecule is CSc1cccc(NC(=O)Cn2cc(-c3nc(-c4cccc(C)c4)no3)ccc2=O)c1. The van der Waals surface area contributed by atoms with Crippen LogP contribution in [0.2, 0.25) is 0 Å². The largest absolute Gasteiger partial charge is 0.334 e. The highest BCUT2D eigenvalue weighted by Gasteiger charge is 2.13. The maximum Gasteiger partial charge on any atom is 0.259 e. The number of aryl methyl sites for hydroxylation is 1. The van der Waals surface area contributed by atoms with Gasteiger partial charge in [-0.15, -0.1) is 11.8 Å². The topological polar surface area (TPSA) is 90.0 Å². The first kappa shape index (κ1) is 20.6. The van der Waals surface area contributed by atoms with Crippen molar-refractivity contribution in [2.45, 2.75) is 18.4 Å². The molecule has 1 amide bonds. The van der Waals surface area contributed by atoms with Crippen LogP contribution >= 0.6 is 11.8 Å². The van der Waals surface area contributed by atoms with Gasteiger partial charge in [-0.3, -0.25) is 9.59 Å².